The first kappa shape index (κ1) is 21.5. The van der Waals surface area contributed by atoms with E-state index < -0.39 is 24.3 Å². The van der Waals surface area contributed by atoms with Crippen LogP contribution in [-0.2, 0) is 22.3 Å². The molecule has 0 atom stereocenters. The first-order chi connectivity index (χ1) is 14.2. The topological polar surface area (TPSA) is 77.3 Å². The van der Waals surface area contributed by atoms with Crippen molar-refractivity contribution in [1.82, 2.24) is 19.7 Å². The molecule has 30 heavy (non-hydrogen) atoms. The van der Waals surface area contributed by atoms with Crippen LogP contribution >= 0.6 is 11.3 Å². The van der Waals surface area contributed by atoms with Gasteiger partial charge in [-0.3, -0.25) is 4.79 Å². The second kappa shape index (κ2) is 8.66. The first-order valence-electron chi connectivity index (χ1n) is 8.68. The molecule has 3 rings (SSSR count). The molecule has 0 saturated heterocycles. The van der Waals surface area contributed by atoms with Crippen LogP contribution in [-0.4, -0.2) is 45.2 Å². The molecule has 0 aliphatic rings. The van der Waals surface area contributed by atoms with Gasteiger partial charge in [-0.1, -0.05) is 6.07 Å². The van der Waals surface area contributed by atoms with E-state index in [4.69, 9.17) is 4.74 Å². The Labute approximate surface area is 173 Å². The summed E-state index contributed by atoms with van der Waals surface area (Å²) in [6, 6.07) is 5.81. The number of halogens is 3. The third-order valence-electron chi connectivity index (χ3n) is 4.25. The third-order valence-corrected chi connectivity index (χ3v) is 5.11. The Hall–Kier alpha value is -3.21. The van der Waals surface area contributed by atoms with Crippen molar-refractivity contribution in [3.63, 3.8) is 0 Å². The van der Waals surface area contributed by atoms with Crippen molar-refractivity contribution in [3.05, 3.63) is 63.7 Å². The second-order valence-electron chi connectivity index (χ2n) is 6.36. The number of hydrogen-bond acceptors (Lipinski definition) is 6. The van der Waals surface area contributed by atoms with Crippen LogP contribution in [0.2, 0.25) is 0 Å². The summed E-state index contributed by atoms with van der Waals surface area (Å²) in [6.07, 6.45) is -2.59. The van der Waals surface area contributed by atoms with Gasteiger partial charge < -0.3 is 9.64 Å². The van der Waals surface area contributed by atoms with E-state index in [0.29, 0.717) is 18.4 Å². The Morgan fingerprint density at radius 2 is 2.00 bits per heavy atom. The van der Waals surface area contributed by atoms with Crippen molar-refractivity contribution >= 4 is 23.2 Å². The highest BCUT2D eigenvalue weighted by Crippen LogP contribution is 2.28. The maximum atomic E-state index is 12.7. The summed E-state index contributed by atoms with van der Waals surface area (Å²) < 4.78 is 44.3. The monoisotopic (exact) mass is 438 g/mol. The highest BCUT2D eigenvalue weighted by molar-refractivity contribution is 7.09. The molecule has 0 aromatic carbocycles. The number of aromatic nitrogens is 3. The van der Waals surface area contributed by atoms with Crippen molar-refractivity contribution in [2.75, 3.05) is 13.7 Å². The lowest BCUT2D eigenvalue weighted by molar-refractivity contribution is -0.137. The minimum absolute atomic E-state index is 0.0883. The minimum Gasteiger partial charge on any atom is -0.452 e. The molecule has 3 aromatic heterocycles. The van der Waals surface area contributed by atoms with E-state index in [1.165, 1.54) is 27.1 Å². The molecule has 0 aliphatic carbocycles. The molecule has 0 fully saturated rings. The number of thiophene rings is 1. The van der Waals surface area contributed by atoms with Gasteiger partial charge in [0.25, 0.3) is 5.91 Å². The van der Waals surface area contributed by atoms with Gasteiger partial charge in [-0.2, -0.15) is 18.3 Å². The van der Waals surface area contributed by atoms with Crippen LogP contribution in [0.5, 0.6) is 0 Å². The van der Waals surface area contributed by atoms with Crippen molar-refractivity contribution in [1.29, 1.82) is 0 Å². The Kier molecular flexibility index (Phi) is 6.20. The molecule has 0 N–H and O–H groups in total. The van der Waals surface area contributed by atoms with Crippen LogP contribution < -0.4 is 0 Å². The Bertz CT molecular complexity index is 1030. The van der Waals surface area contributed by atoms with Gasteiger partial charge in [-0.25, -0.2) is 14.5 Å². The number of hydrogen-bond donors (Lipinski definition) is 0. The number of carbonyl (C=O) groups is 2. The number of amides is 1. The predicted octanol–water partition coefficient (Wildman–Crippen LogP) is 3.47. The predicted molar refractivity (Wildman–Crippen MR) is 102 cm³/mol. The molecule has 0 unspecified atom stereocenters. The SMILES string of the molecule is Cc1c(C(=O)OCC(=O)N(C)Cc2cccs2)cnn1-c1ccc(C(F)(F)F)cn1. The quantitative estimate of drug-likeness (QED) is 0.551. The Morgan fingerprint density at radius 1 is 1.23 bits per heavy atom. The van der Waals surface area contributed by atoms with Gasteiger partial charge in [-0.15, -0.1) is 11.3 Å². The number of rotatable bonds is 6. The fourth-order valence-electron chi connectivity index (χ4n) is 2.56. The van der Waals surface area contributed by atoms with Gasteiger partial charge in [0.2, 0.25) is 0 Å². The third kappa shape index (κ3) is 4.85. The highest BCUT2D eigenvalue weighted by Gasteiger charge is 2.31. The summed E-state index contributed by atoms with van der Waals surface area (Å²) in [6.45, 7) is 1.52. The van der Waals surface area contributed by atoms with E-state index in [-0.39, 0.29) is 17.3 Å². The van der Waals surface area contributed by atoms with Crippen molar-refractivity contribution in [3.8, 4) is 5.82 Å². The van der Waals surface area contributed by atoms with Crippen LogP contribution in [0.1, 0.15) is 26.5 Å². The molecule has 3 aromatic rings. The minimum atomic E-state index is -4.50. The lowest BCUT2D eigenvalue weighted by atomic mass is 10.2. The fourth-order valence-corrected chi connectivity index (χ4v) is 3.32. The summed E-state index contributed by atoms with van der Waals surface area (Å²) in [5.41, 5.74) is -0.474. The average molecular weight is 438 g/mol. The van der Waals surface area contributed by atoms with Crippen molar-refractivity contribution < 1.29 is 27.5 Å². The molecule has 0 aliphatic heterocycles. The molecular formula is C19H17F3N4O3S. The van der Waals surface area contributed by atoms with E-state index >= 15 is 0 Å². The summed E-state index contributed by atoms with van der Waals surface area (Å²) in [5, 5.41) is 5.89. The first-order valence-corrected chi connectivity index (χ1v) is 9.56. The van der Waals surface area contributed by atoms with E-state index in [0.717, 1.165) is 17.0 Å². The van der Waals surface area contributed by atoms with E-state index in [2.05, 4.69) is 10.1 Å². The molecule has 7 nitrogen and oxygen atoms in total. The van der Waals surface area contributed by atoms with Gasteiger partial charge in [-0.05, 0) is 30.5 Å². The zero-order valence-electron chi connectivity index (χ0n) is 16.0. The van der Waals surface area contributed by atoms with Crippen molar-refractivity contribution in [2.45, 2.75) is 19.6 Å². The summed E-state index contributed by atoms with van der Waals surface area (Å²) in [4.78, 5) is 30.7. The molecule has 3 heterocycles. The maximum Gasteiger partial charge on any atom is 0.417 e. The van der Waals surface area contributed by atoms with Gasteiger partial charge in [0.15, 0.2) is 12.4 Å². The maximum absolute atomic E-state index is 12.7. The van der Waals surface area contributed by atoms with E-state index in [1.807, 2.05) is 17.5 Å². The van der Waals surface area contributed by atoms with Gasteiger partial charge in [0.05, 0.1) is 24.0 Å². The van der Waals surface area contributed by atoms with Gasteiger partial charge in [0, 0.05) is 18.1 Å². The van der Waals surface area contributed by atoms with Crippen LogP contribution in [0.3, 0.4) is 0 Å². The largest absolute Gasteiger partial charge is 0.452 e. The smallest absolute Gasteiger partial charge is 0.417 e. The number of ether oxygens (including phenoxy) is 1. The number of pyridine rings is 1. The molecular weight excluding hydrogens is 421 g/mol. The second-order valence-corrected chi connectivity index (χ2v) is 7.40. The number of esters is 1. The van der Waals surface area contributed by atoms with Gasteiger partial charge >= 0.3 is 12.1 Å². The summed E-state index contributed by atoms with van der Waals surface area (Å²) >= 11 is 1.51. The van der Waals surface area contributed by atoms with E-state index in [1.54, 1.807) is 14.0 Å². The average Bonchev–Trinajstić information content (AvgIpc) is 3.34. The normalized spacial score (nSPS) is 11.4. The van der Waals surface area contributed by atoms with Crippen LogP contribution in [0.4, 0.5) is 13.2 Å². The number of likely N-dealkylation sites (N-methyl/N-ethyl adjacent to an activating group) is 1. The zero-order chi connectivity index (χ0) is 21.9. The van der Waals surface area contributed by atoms with E-state index in [9.17, 15) is 22.8 Å². The molecule has 0 bridgehead atoms. The molecule has 11 heteroatoms. The molecule has 0 radical (unpaired) electrons. The van der Waals surface area contributed by atoms with Crippen LogP contribution in [0.15, 0.2) is 42.0 Å². The lowest BCUT2D eigenvalue weighted by Crippen LogP contribution is -2.30. The molecule has 0 spiro atoms. The standard InChI is InChI=1S/C19H17F3N4O3S/c1-12-15(9-24-26(12)16-6-5-13(8-23-16)19(20,21)22)18(28)29-11-17(27)25(2)10-14-4-3-7-30-14/h3-9H,10-11H2,1-2H3. The zero-order valence-corrected chi connectivity index (χ0v) is 16.8. The Morgan fingerprint density at radius 3 is 2.60 bits per heavy atom. The van der Waals surface area contributed by atoms with Crippen LogP contribution in [0, 0.1) is 6.92 Å². The van der Waals surface area contributed by atoms with Crippen molar-refractivity contribution in [2.24, 2.45) is 0 Å². The Balaban J connectivity index is 1.63. The molecule has 0 saturated carbocycles. The lowest BCUT2D eigenvalue weighted by Gasteiger charge is -2.16. The summed E-state index contributed by atoms with van der Waals surface area (Å²) in [7, 11) is 1.61. The van der Waals surface area contributed by atoms with Gasteiger partial charge in [0.1, 0.15) is 5.56 Å². The number of carbonyl (C=O) groups excluding carboxylic acids is 2. The highest BCUT2D eigenvalue weighted by atomic mass is 32.1. The fraction of sp³-hybridized carbons (Fsp3) is 0.263. The summed E-state index contributed by atoms with van der Waals surface area (Å²) in [5.74, 6) is -1.01. The van der Waals surface area contributed by atoms with Crippen LogP contribution in [0.25, 0.3) is 5.82 Å². The number of nitrogens with zero attached hydrogens (tertiary/aromatic N) is 4. The number of alkyl halides is 3. The molecule has 1 amide bonds. The molecule has 158 valence electrons.